The maximum Gasteiger partial charge on any atom is 0.253 e. The average molecular weight is 293 g/mol. The van der Waals surface area contributed by atoms with Gasteiger partial charge in [0.15, 0.2) is 0 Å². The molecule has 1 aromatic heterocycles. The first kappa shape index (κ1) is 14.7. The molecule has 1 aliphatic rings. The lowest BCUT2D eigenvalue weighted by Gasteiger charge is -2.30. The van der Waals surface area contributed by atoms with Gasteiger partial charge in [0, 0.05) is 12.3 Å². The molecule has 1 aromatic rings. The Labute approximate surface area is 123 Å². The van der Waals surface area contributed by atoms with Crippen molar-refractivity contribution in [3.8, 4) is 0 Å². The fourth-order valence-corrected chi connectivity index (χ4v) is 2.92. The van der Waals surface area contributed by atoms with Gasteiger partial charge < -0.3 is 16.0 Å². The second-order valence-electron chi connectivity index (χ2n) is 5.19. The normalized spacial score (nSPS) is 17.4. The number of hydrogen-bond donors (Lipinski definition) is 3. The highest BCUT2D eigenvalue weighted by atomic mass is 32.1. The molecular formula is C14H19N3O2S. The monoisotopic (exact) mass is 293 g/mol. The van der Waals surface area contributed by atoms with E-state index in [1.165, 1.54) is 24.8 Å². The SMILES string of the molecule is NC(=S)C(NC(=O)c1ccc(=O)[nH]c1)C1CCCCC1. The van der Waals surface area contributed by atoms with Crippen molar-refractivity contribution in [1.29, 1.82) is 0 Å². The molecular weight excluding hydrogens is 274 g/mol. The van der Waals surface area contributed by atoms with Crippen LogP contribution >= 0.6 is 12.2 Å². The molecule has 0 aromatic carbocycles. The summed E-state index contributed by atoms with van der Waals surface area (Å²) in [6, 6.07) is 2.54. The average Bonchev–Trinajstić information content (AvgIpc) is 2.46. The zero-order valence-corrected chi connectivity index (χ0v) is 12.0. The van der Waals surface area contributed by atoms with Crippen molar-refractivity contribution in [1.82, 2.24) is 10.3 Å². The summed E-state index contributed by atoms with van der Waals surface area (Å²) in [4.78, 5) is 26.0. The van der Waals surface area contributed by atoms with E-state index in [1.807, 2.05) is 0 Å². The van der Waals surface area contributed by atoms with Crippen LogP contribution in [-0.4, -0.2) is 21.9 Å². The second-order valence-corrected chi connectivity index (χ2v) is 5.66. The molecule has 6 heteroatoms. The van der Waals surface area contributed by atoms with Gasteiger partial charge in [-0.15, -0.1) is 0 Å². The highest BCUT2D eigenvalue weighted by molar-refractivity contribution is 7.80. The van der Waals surface area contributed by atoms with Crippen molar-refractivity contribution in [3.63, 3.8) is 0 Å². The highest BCUT2D eigenvalue weighted by Gasteiger charge is 2.27. The molecule has 5 nitrogen and oxygen atoms in total. The Balaban J connectivity index is 2.07. The van der Waals surface area contributed by atoms with E-state index in [0.29, 0.717) is 16.5 Å². The third-order valence-electron chi connectivity index (χ3n) is 3.76. The number of nitrogens with two attached hydrogens (primary N) is 1. The van der Waals surface area contributed by atoms with Crippen molar-refractivity contribution in [3.05, 3.63) is 34.2 Å². The van der Waals surface area contributed by atoms with Crippen LogP contribution in [0.1, 0.15) is 42.5 Å². The fourth-order valence-electron chi connectivity index (χ4n) is 2.67. The van der Waals surface area contributed by atoms with Crippen LogP contribution in [0.2, 0.25) is 0 Å². The van der Waals surface area contributed by atoms with Gasteiger partial charge >= 0.3 is 0 Å². The van der Waals surface area contributed by atoms with Gasteiger partial charge in [-0.3, -0.25) is 9.59 Å². The van der Waals surface area contributed by atoms with Crippen molar-refractivity contribution >= 4 is 23.1 Å². The quantitative estimate of drug-likeness (QED) is 0.731. The Hall–Kier alpha value is -1.69. The number of thiocarbonyl (C=S) groups is 1. The molecule has 20 heavy (non-hydrogen) atoms. The summed E-state index contributed by atoms with van der Waals surface area (Å²) in [5.74, 6) is 0.0533. The summed E-state index contributed by atoms with van der Waals surface area (Å²) >= 11 is 5.09. The van der Waals surface area contributed by atoms with Crippen LogP contribution in [0.4, 0.5) is 0 Å². The number of amides is 1. The van der Waals surface area contributed by atoms with E-state index >= 15 is 0 Å². The number of aromatic amines is 1. The molecule has 1 atom stereocenters. The minimum atomic E-state index is -0.273. The lowest BCUT2D eigenvalue weighted by molar-refractivity contribution is 0.0931. The molecule has 1 heterocycles. The van der Waals surface area contributed by atoms with Gasteiger partial charge in [0.05, 0.1) is 16.6 Å². The number of rotatable bonds is 4. The Morgan fingerprint density at radius 2 is 2.05 bits per heavy atom. The molecule has 0 saturated heterocycles. The van der Waals surface area contributed by atoms with Crippen LogP contribution < -0.4 is 16.6 Å². The topological polar surface area (TPSA) is 88.0 Å². The van der Waals surface area contributed by atoms with E-state index in [1.54, 1.807) is 0 Å². The molecule has 108 valence electrons. The van der Waals surface area contributed by atoms with E-state index in [9.17, 15) is 9.59 Å². The van der Waals surface area contributed by atoms with Crippen LogP contribution in [0.5, 0.6) is 0 Å². The van der Waals surface area contributed by atoms with Crippen LogP contribution in [0, 0.1) is 5.92 Å². The molecule has 0 radical (unpaired) electrons. The molecule has 2 rings (SSSR count). The number of aromatic nitrogens is 1. The number of pyridine rings is 1. The molecule has 1 fully saturated rings. The zero-order chi connectivity index (χ0) is 14.5. The lowest BCUT2D eigenvalue weighted by Crippen LogP contribution is -2.48. The van der Waals surface area contributed by atoms with Gasteiger partial charge in [-0.2, -0.15) is 0 Å². The van der Waals surface area contributed by atoms with E-state index in [-0.39, 0.29) is 17.5 Å². The third-order valence-corrected chi connectivity index (χ3v) is 4.01. The smallest absolute Gasteiger partial charge is 0.253 e. The minimum Gasteiger partial charge on any atom is -0.392 e. The summed E-state index contributed by atoms with van der Waals surface area (Å²) in [6.07, 6.45) is 7.00. The van der Waals surface area contributed by atoms with Crippen LogP contribution in [0.3, 0.4) is 0 Å². The van der Waals surface area contributed by atoms with Crippen molar-refractivity contribution in [2.24, 2.45) is 11.7 Å². The Kier molecular flexibility index (Phi) is 4.89. The summed E-state index contributed by atoms with van der Waals surface area (Å²) in [5, 5.41) is 2.89. The highest BCUT2D eigenvalue weighted by Crippen LogP contribution is 2.26. The molecule has 0 aliphatic heterocycles. The molecule has 1 aliphatic carbocycles. The third kappa shape index (κ3) is 3.66. The number of carbonyl (C=O) groups is 1. The Morgan fingerprint density at radius 1 is 1.35 bits per heavy atom. The van der Waals surface area contributed by atoms with E-state index in [4.69, 9.17) is 18.0 Å². The number of hydrogen-bond acceptors (Lipinski definition) is 3. The lowest BCUT2D eigenvalue weighted by atomic mass is 9.83. The molecule has 1 saturated carbocycles. The standard InChI is InChI=1S/C14H19N3O2S/c15-13(20)12(9-4-2-1-3-5-9)17-14(19)10-6-7-11(18)16-8-10/h6-9,12H,1-5H2,(H2,15,20)(H,16,18)(H,17,19). The summed E-state index contributed by atoms with van der Waals surface area (Å²) in [5.41, 5.74) is 5.94. The zero-order valence-electron chi connectivity index (χ0n) is 11.2. The van der Waals surface area contributed by atoms with E-state index in [2.05, 4.69) is 10.3 Å². The molecule has 0 spiro atoms. The van der Waals surface area contributed by atoms with Crippen molar-refractivity contribution < 1.29 is 4.79 Å². The predicted molar refractivity (Wildman–Crippen MR) is 81.7 cm³/mol. The number of nitrogens with one attached hydrogen (secondary N) is 2. The van der Waals surface area contributed by atoms with Crippen LogP contribution in [-0.2, 0) is 0 Å². The summed E-state index contributed by atoms with van der Waals surface area (Å²) in [7, 11) is 0. The van der Waals surface area contributed by atoms with Gasteiger partial charge in [0.25, 0.3) is 5.91 Å². The van der Waals surface area contributed by atoms with Crippen LogP contribution in [0.15, 0.2) is 23.1 Å². The summed E-state index contributed by atoms with van der Waals surface area (Å²) in [6.45, 7) is 0. The first-order chi connectivity index (χ1) is 9.58. The van der Waals surface area contributed by atoms with Crippen molar-refractivity contribution in [2.45, 2.75) is 38.1 Å². The predicted octanol–water partition coefficient (Wildman–Crippen LogP) is 1.34. The number of carbonyl (C=O) groups excluding carboxylic acids is 1. The van der Waals surface area contributed by atoms with Gasteiger partial charge in [-0.05, 0) is 24.8 Å². The van der Waals surface area contributed by atoms with Crippen LogP contribution in [0.25, 0.3) is 0 Å². The van der Waals surface area contributed by atoms with Gasteiger partial charge in [-0.1, -0.05) is 31.5 Å². The second kappa shape index (κ2) is 6.65. The molecule has 1 unspecified atom stereocenters. The maximum atomic E-state index is 12.2. The largest absolute Gasteiger partial charge is 0.392 e. The van der Waals surface area contributed by atoms with Gasteiger partial charge in [-0.25, -0.2) is 0 Å². The van der Waals surface area contributed by atoms with Gasteiger partial charge in [0.2, 0.25) is 5.56 Å². The first-order valence-corrected chi connectivity index (χ1v) is 7.27. The fraction of sp³-hybridized carbons (Fsp3) is 0.500. The van der Waals surface area contributed by atoms with E-state index < -0.39 is 0 Å². The Bertz CT molecular complexity index is 529. The van der Waals surface area contributed by atoms with Gasteiger partial charge in [0.1, 0.15) is 0 Å². The number of H-pyrrole nitrogens is 1. The summed E-state index contributed by atoms with van der Waals surface area (Å²) < 4.78 is 0. The van der Waals surface area contributed by atoms with E-state index in [0.717, 1.165) is 25.7 Å². The minimum absolute atomic E-state index is 0.236. The first-order valence-electron chi connectivity index (χ1n) is 6.87. The van der Waals surface area contributed by atoms with Crippen molar-refractivity contribution in [2.75, 3.05) is 0 Å². The molecule has 4 N–H and O–H groups in total. The molecule has 1 amide bonds. The maximum absolute atomic E-state index is 12.2. The Morgan fingerprint density at radius 3 is 2.60 bits per heavy atom. The molecule has 0 bridgehead atoms.